The maximum absolute atomic E-state index is 13.0. The minimum atomic E-state index is -5.09. The van der Waals surface area contributed by atoms with Crippen molar-refractivity contribution in [2.45, 2.75) is 82.0 Å². The second-order valence-electron chi connectivity index (χ2n) is 10.3. The monoisotopic (exact) mass is 690 g/mol. The van der Waals surface area contributed by atoms with Crippen molar-refractivity contribution in [2.24, 2.45) is 0 Å². The minimum Gasteiger partial charge on any atom is -0.394 e. The van der Waals surface area contributed by atoms with E-state index in [4.69, 9.17) is 14.0 Å². The number of rotatable bonds is 12. The number of carbonyl (C=O) groups excluding carboxylic acids is 1. The molecule has 0 aromatic carbocycles. The molecule has 1 aromatic heterocycles. The van der Waals surface area contributed by atoms with Crippen LogP contribution in [0.25, 0.3) is 0 Å². The minimum absolute atomic E-state index is 0.739. The van der Waals surface area contributed by atoms with Gasteiger partial charge in [-0.25, -0.2) is 13.2 Å². The van der Waals surface area contributed by atoms with Crippen LogP contribution in [0.5, 0.6) is 0 Å². The maximum atomic E-state index is 13.0. The quantitative estimate of drug-likeness (QED) is 0.0971. The van der Waals surface area contributed by atoms with Gasteiger partial charge in [0.1, 0.15) is 36.6 Å². The number of sulfone groups is 1. The number of carbonyl (C=O) groups is 1. The molecule has 0 spiro atoms. The molecule has 3 rings (SSSR count). The molecule has 1 amide bonds. The highest BCUT2D eigenvalue weighted by atomic mass is 32.2. The number of aliphatic hydroxyl groups excluding tert-OH is 5. The molecule has 21 heteroatoms. The lowest BCUT2D eigenvalue weighted by atomic mass is 9.98. The second-order valence-corrected chi connectivity index (χ2v) is 14.7. The highest BCUT2D eigenvalue weighted by Crippen LogP contribution is 2.46. The number of aliphatic hydroxyl groups is 5. The predicted octanol–water partition coefficient (Wildman–Crippen LogP) is -3.98. The molecule has 1 unspecified atom stereocenters. The van der Waals surface area contributed by atoms with Crippen LogP contribution in [0, 0.1) is 0 Å². The van der Waals surface area contributed by atoms with Gasteiger partial charge < -0.3 is 54.6 Å². The number of ether oxygens (including phenoxy) is 2. The summed E-state index contributed by atoms with van der Waals surface area (Å²) in [6.45, 7) is 9.25. The number of nitrogens with zero attached hydrogens (tertiary/aromatic N) is 2. The van der Waals surface area contributed by atoms with Crippen LogP contribution in [0.1, 0.15) is 33.9 Å². The standard InChI is InChI=1S/C18H28N3O15PS.C6H15N/c1-7(23)19-11-14(27)12(25)8(4-22)36-17(11)38(32,33)6-37(30,31)34-5-9-13(26)15(28)16(35-9)21-3-2-10(24)20-18(21)29;1-4-7(5-2)6-3/h2-3,8-9,11-17,22,25-28H,4-6H2,1H3,(H,19,23)(H,30,31)(H,20,24,29);4-6H2,1-3H3/t8-,9-,11-,12-,13-,14-,15-,16-,17+;/m1./s1. The fourth-order valence-corrected chi connectivity index (χ4v) is 8.77. The van der Waals surface area contributed by atoms with Gasteiger partial charge in [-0.1, -0.05) is 20.8 Å². The molecule has 45 heavy (non-hydrogen) atoms. The van der Waals surface area contributed by atoms with Gasteiger partial charge in [0, 0.05) is 19.2 Å². The third kappa shape index (κ3) is 10.2. The molecule has 8 N–H and O–H groups in total. The van der Waals surface area contributed by atoms with Gasteiger partial charge in [0.05, 0.1) is 19.3 Å². The molecule has 0 radical (unpaired) electrons. The van der Waals surface area contributed by atoms with E-state index in [1.807, 2.05) is 4.98 Å². The number of aromatic nitrogens is 2. The number of amides is 1. The molecule has 260 valence electrons. The van der Waals surface area contributed by atoms with Crippen LogP contribution < -0.4 is 16.6 Å². The van der Waals surface area contributed by atoms with Gasteiger partial charge in [-0.05, 0) is 19.6 Å². The fraction of sp³-hybridized carbons (Fsp3) is 0.792. The molecule has 0 bridgehead atoms. The Labute approximate surface area is 258 Å². The van der Waals surface area contributed by atoms with Crippen LogP contribution in [0.3, 0.4) is 0 Å². The van der Waals surface area contributed by atoms with Crippen molar-refractivity contribution in [3.05, 3.63) is 33.1 Å². The van der Waals surface area contributed by atoms with Gasteiger partial charge >= 0.3 is 13.3 Å². The first kappa shape index (κ1) is 39.1. The molecule has 0 aliphatic carbocycles. The molecule has 2 fully saturated rings. The molecular weight excluding hydrogens is 647 g/mol. The summed E-state index contributed by atoms with van der Waals surface area (Å²) in [5, 5.41) is 52.2. The highest BCUT2D eigenvalue weighted by Gasteiger charge is 2.52. The lowest BCUT2D eigenvalue weighted by molar-refractivity contribution is -0.175. The number of H-pyrrole nitrogens is 1. The fourth-order valence-electron chi connectivity index (χ4n) is 4.70. The number of hydrogen-bond donors (Lipinski definition) is 8. The van der Waals surface area contributed by atoms with E-state index in [9.17, 15) is 57.8 Å². The van der Waals surface area contributed by atoms with E-state index in [1.165, 1.54) is 19.6 Å². The molecule has 0 saturated carbocycles. The summed E-state index contributed by atoms with van der Waals surface area (Å²) < 4.78 is 54.6. The number of aromatic amines is 1. The Morgan fingerprint density at radius 2 is 1.62 bits per heavy atom. The first-order chi connectivity index (χ1) is 20.9. The topological polar surface area (TPSA) is 287 Å². The molecule has 1 aromatic rings. The summed E-state index contributed by atoms with van der Waals surface area (Å²) in [6.07, 6.45) is -10.9. The van der Waals surface area contributed by atoms with E-state index in [1.54, 1.807) is 0 Å². The third-order valence-electron chi connectivity index (χ3n) is 7.19. The van der Waals surface area contributed by atoms with Crippen molar-refractivity contribution >= 4 is 23.3 Å². The number of hydrogen-bond acceptors (Lipinski definition) is 15. The molecule has 19 nitrogen and oxygen atoms in total. The van der Waals surface area contributed by atoms with Gasteiger partial charge in [0.2, 0.25) is 5.91 Å². The summed E-state index contributed by atoms with van der Waals surface area (Å²) in [5.41, 5.74) is -5.51. The molecule has 2 aliphatic heterocycles. The van der Waals surface area contributed by atoms with Crippen LogP contribution in [-0.2, 0) is 33.2 Å². The van der Waals surface area contributed by atoms with Crippen molar-refractivity contribution < 1.29 is 62.2 Å². The van der Waals surface area contributed by atoms with Gasteiger partial charge in [0.25, 0.3) is 5.56 Å². The van der Waals surface area contributed by atoms with Crippen molar-refractivity contribution in [2.75, 3.05) is 38.3 Å². The Morgan fingerprint density at radius 3 is 2.11 bits per heavy atom. The average Bonchev–Trinajstić information content (AvgIpc) is 3.23. The van der Waals surface area contributed by atoms with Crippen LogP contribution in [0.15, 0.2) is 21.9 Å². The van der Waals surface area contributed by atoms with Gasteiger partial charge in [0.15, 0.2) is 27.0 Å². The summed E-state index contributed by atoms with van der Waals surface area (Å²) in [6, 6.07) is -0.832. The van der Waals surface area contributed by atoms with Gasteiger partial charge in [-0.2, -0.15) is 0 Å². The van der Waals surface area contributed by atoms with E-state index in [0.29, 0.717) is 0 Å². The van der Waals surface area contributed by atoms with Crippen LogP contribution in [0.4, 0.5) is 0 Å². The normalized spacial score (nSPS) is 31.6. The summed E-state index contributed by atoms with van der Waals surface area (Å²) in [4.78, 5) is 49.2. The van der Waals surface area contributed by atoms with E-state index in [-0.39, 0.29) is 0 Å². The van der Waals surface area contributed by atoms with E-state index in [2.05, 4.69) is 31.0 Å². The SMILES string of the molecule is CC(=O)N[C@@H]1[C@@H](O)[C@H](O)[C@@H](CO)O[C@H]1S(=O)(=O)CP(=O)(O)OC[C@H]1O[C@@H](n2ccc(=O)[nH]c2=O)[C@H](O)[C@@H]1O.CCN(CC)CC. The summed E-state index contributed by atoms with van der Waals surface area (Å²) in [5.74, 6) is -0.821. The van der Waals surface area contributed by atoms with Crippen molar-refractivity contribution in [3.8, 4) is 0 Å². The lowest BCUT2D eigenvalue weighted by Crippen LogP contribution is -2.65. The summed E-state index contributed by atoms with van der Waals surface area (Å²) in [7, 11) is -9.94. The second kappa shape index (κ2) is 16.7. The Bertz CT molecular complexity index is 1380. The van der Waals surface area contributed by atoms with Crippen LogP contribution >= 0.6 is 7.60 Å². The van der Waals surface area contributed by atoms with Crippen molar-refractivity contribution in [3.63, 3.8) is 0 Å². The van der Waals surface area contributed by atoms with E-state index in [0.717, 1.165) is 23.8 Å². The van der Waals surface area contributed by atoms with Gasteiger partial charge in [-0.15, -0.1) is 0 Å². The van der Waals surface area contributed by atoms with Crippen LogP contribution in [-0.4, -0.2) is 146 Å². The average molecular weight is 691 g/mol. The molecule has 2 saturated heterocycles. The zero-order chi connectivity index (χ0) is 34.3. The molecule has 3 heterocycles. The lowest BCUT2D eigenvalue weighted by Gasteiger charge is -2.42. The smallest absolute Gasteiger partial charge is 0.343 e. The maximum Gasteiger partial charge on any atom is 0.343 e. The largest absolute Gasteiger partial charge is 0.394 e. The number of nitrogens with one attached hydrogen (secondary N) is 2. The Morgan fingerprint density at radius 1 is 1.04 bits per heavy atom. The predicted molar refractivity (Wildman–Crippen MR) is 156 cm³/mol. The highest BCUT2D eigenvalue weighted by molar-refractivity contribution is 7.98. The Kier molecular flexibility index (Phi) is 14.5. The third-order valence-corrected chi connectivity index (χ3v) is 11.6. The van der Waals surface area contributed by atoms with Gasteiger partial charge in [-0.3, -0.25) is 23.7 Å². The molecule has 10 atom stereocenters. The van der Waals surface area contributed by atoms with Crippen molar-refractivity contribution in [1.29, 1.82) is 0 Å². The summed E-state index contributed by atoms with van der Waals surface area (Å²) >= 11 is 0. The Hall–Kier alpha value is -2.07. The zero-order valence-corrected chi connectivity index (χ0v) is 26.9. The van der Waals surface area contributed by atoms with E-state index >= 15 is 0 Å². The Balaban J connectivity index is 0.000000900. The first-order valence-electron chi connectivity index (χ1n) is 14.1. The van der Waals surface area contributed by atoms with Crippen molar-refractivity contribution in [1.82, 2.24) is 19.8 Å². The first-order valence-corrected chi connectivity index (χ1v) is 17.5. The molecule has 2 aliphatic rings. The molecular formula is C24H43N4O15PS. The van der Waals surface area contributed by atoms with E-state index < -0.39 is 108 Å². The van der Waals surface area contributed by atoms with Crippen LogP contribution in [0.2, 0.25) is 0 Å². The zero-order valence-electron chi connectivity index (χ0n) is 25.2.